The van der Waals surface area contributed by atoms with Crippen molar-refractivity contribution in [3.63, 3.8) is 0 Å². The van der Waals surface area contributed by atoms with E-state index in [-0.39, 0.29) is 11.9 Å². The van der Waals surface area contributed by atoms with Crippen LogP contribution in [0.1, 0.15) is 30.0 Å². The lowest BCUT2D eigenvalue weighted by Gasteiger charge is -2.23. The van der Waals surface area contributed by atoms with Crippen molar-refractivity contribution in [3.8, 4) is 11.5 Å². The van der Waals surface area contributed by atoms with Gasteiger partial charge >= 0.3 is 0 Å². The van der Waals surface area contributed by atoms with Crippen LogP contribution >= 0.6 is 0 Å². The van der Waals surface area contributed by atoms with E-state index in [1.165, 1.54) is 4.90 Å². The van der Waals surface area contributed by atoms with Crippen molar-refractivity contribution in [2.75, 3.05) is 32.6 Å². The molecule has 1 saturated heterocycles. The maximum atomic E-state index is 12.6. The van der Waals surface area contributed by atoms with Gasteiger partial charge in [-0.15, -0.1) is 0 Å². The predicted octanol–water partition coefficient (Wildman–Crippen LogP) is 2.37. The van der Waals surface area contributed by atoms with Crippen LogP contribution in [0, 0.1) is 6.92 Å². The number of amides is 1. The van der Waals surface area contributed by atoms with Crippen molar-refractivity contribution in [2.45, 2.75) is 25.8 Å². The number of nitrogens with one attached hydrogen (secondary N) is 2. The number of hydrogen-bond donors (Lipinski definition) is 2. The van der Waals surface area contributed by atoms with Crippen LogP contribution in [0.4, 0.5) is 5.69 Å². The summed E-state index contributed by atoms with van der Waals surface area (Å²) in [5, 5.41) is 3.04. The smallest absolute Gasteiger partial charge is 0.279 e. The molecule has 26 heavy (non-hydrogen) atoms. The molecule has 2 aromatic rings. The quantitative estimate of drug-likeness (QED) is 0.836. The predicted molar refractivity (Wildman–Crippen MR) is 102 cm³/mol. The number of rotatable bonds is 6. The van der Waals surface area contributed by atoms with E-state index in [4.69, 9.17) is 9.47 Å². The van der Waals surface area contributed by atoms with Gasteiger partial charge in [-0.25, -0.2) is 0 Å². The van der Waals surface area contributed by atoms with Gasteiger partial charge < -0.3 is 19.7 Å². The Labute approximate surface area is 154 Å². The molecular weight excluding hydrogens is 328 g/mol. The van der Waals surface area contributed by atoms with Gasteiger partial charge in [0.05, 0.1) is 26.3 Å². The van der Waals surface area contributed by atoms with Crippen molar-refractivity contribution in [2.24, 2.45) is 0 Å². The highest BCUT2D eigenvalue weighted by Crippen LogP contribution is 2.31. The van der Waals surface area contributed by atoms with Crippen LogP contribution < -0.4 is 19.7 Å². The van der Waals surface area contributed by atoms with Gasteiger partial charge in [0.2, 0.25) is 0 Å². The fraction of sp³-hybridized carbons (Fsp3) is 0.381. The van der Waals surface area contributed by atoms with Crippen molar-refractivity contribution in [1.29, 1.82) is 0 Å². The molecule has 1 fully saturated rings. The number of hydrogen-bond acceptors (Lipinski definition) is 3. The zero-order chi connectivity index (χ0) is 18.5. The Kier molecular flexibility index (Phi) is 5.78. The van der Waals surface area contributed by atoms with Gasteiger partial charge in [-0.3, -0.25) is 4.79 Å². The minimum atomic E-state index is 0.0497. The van der Waals surface area contributed by atoms with E-state index in [2.05, 4.69) is 11.4 Å². The van der Waals surface area contributed by atoms with Crippen molar-refractivity contribution >= 4 is 11.6 Å². The van der Waals surface area contributed by atoms with Crippen LogP contribution in [0.2, 0.25) is 0 Å². The third kappa shape index (κ3) is 3.99. The molecule has 1 aliphatic heterocycles. The fourth-order valence-electron chi connectivity index (χ4n) is 3.72. The van der Waals surface area contributed by atoms with E-state index in [0.717, 1.165) is 47.7 Å². The lowest BCUT2D eigenvalue weighted by Crippen LogP contribution is -3.11. The van der Waals surface area contributed by atoms with Crippen LogP contribution in [-0.4, -0.2) is 33.2 Å². The monoisotopic (exact) mass is 355 g/mol. The lowest BCUT2D eigenvalue weighted by molar-refractivity contribution is -0.910. The Morgan fingerprint density at radius 1 is 1.19 bits per heavy atom. The first kappa shape index (κ1) is 18.3. The number of quaternary nitrogens is 1. The lowest BCUT2D eigenvalue weighted by atomic mass is 10.0. The number of benzene rings is 2. The van der Waals surface area contributed by atoms with Crippen molar-refractivity contribution in [1.82, 2.24) is 0 Å². The first-order chi connectivity index (χ1) is 12.6. The van der Waals surface area contributed by atoms with E-state index in [1.807, 2.05) is 43.3 Å². The molecule has 0 spiro atoms. The highest BCUT2D eigenvalue weighted by atomic mass is 16.5. The highest BCUT2D eigenvalue weighted by Gasteiger charge is 2.33. The number of aryl methyl sites for hydroxylation is 1. The molecule has 1 unspecified atom stereocenters. The normalized spacial score (nSPS) is 19.2. The Hall–Kier alpha value is -2.53. The van der Waals surface area contributed by atoms with Gasteiger partial charge in [0.15, 0.2) is 6.54 Å². The SMILES string of the molecule is COc1ccc([C@@H]2CCC[NH+]2CC(=O)Nc2ccccc2C)c(OC)c1. The molecule has 0 radical (unpaired) electrons. The van der Waals surface area contributed by atoms with E-state index < -0.39 is 0 Å². The first-order valence-corrected chi connectivity index (χ1v) is 9.04. The summed E-state index contributed by atoms with van der Waals surface area (Å²) in [6.07, 6.45) is 2.16. The second-order valence-corrected chi connectivity index (χ2v) is 6.75. The number of ether oxygens (including phenoxy) is 2. The Balaban J connectivity index is 1.72. The molecule has 1 heterocycles. The van der Waals surface area contributed by atoms with E-state index >= 15 is 0 Å². The average Bonchev–Trinajstić information content (AvgIpc) is 3.10. The summed E-state index contributed by atoms with van der Waals surface area (Å²) in [5.74, 6) is 1.66. The number of para-hydroxylation sites is 1. The molecule has 0 aliphatic carbocycles. The van der Waals surface area contributed by atoms with Gasteiger partial charge in [-0.05, 0) is 30.7 Å². The molecule has 0 bridgehead atoms. The number of carbonyl (C=O) groups excluding carboxylic acids is 1. The number of likely N-dealkylation sites (tertiary alicyclic amines) is 1. The molecule has 1 amide bonds. The van der Waals surface area contributed by atoms with Crippen molar-refractivity contribution < 1.29 is 19.2 Å². The third-order valence-electron chi connectivity index (χ3n) is 5.11. The largest absolute Gasteiger partial charge is 0.497 e. The van der Waals surface area contributed by atoms with Gasteiger partial charge in [-0.2, -0.15) is 0 Å². The van der Waals surface area contributed by atoms with Gasteiger partial charge in [0.25, 0.3) is 5.91 Å². The minimum Gasteiger partial charge on any atom is -0.497 e. The summed E-state index contributed by atoms with van der Waals surface area (Å²) in [5.41, 5.74) is 3.10. The number of methoxy groups -OCH3 is 2. The van der Waals surface area contributed by atoms with Gasteiger partial charge in [0.1, 0.15) is 17.5 Å². The zero-order valence-corrected chi connectivity index (χ0v) is 15.7. The second kappa shape index (κ2) is 8.23. The summed E-state index contributed by atoms with van der Waals surface area (Å²) in [6.45, 7) is 3.44. The second-order valence-electron chi connectivity index (χ2n) is 6.75. The molecule has 138 valence electrons. The highest BCUT2D eigenvalue weighted by molar-refractivity contribution is 5.92. The van der Waals surface area contributed by atoms with Gasteiger partial charge in [-0.1, -0.05) is 18.2 Å². The van der Waals surface area contributed by atoms with Crippen LogP contribution in [0.5, 0.6) is 11.5 Å². The summed E-state index contributed by atoms with van der Waals surface area (Å²) in [4.78, 5) is 13.8. The molecule has 2 N–H and O–H groups in total. The molecule has 5 heteroatoms. The van der Waals surface area contributed by atoms with Crippen molar-refractivity contribution in [3.05, 3.63) is 53.6 Å². The van der Waals surface area contributed by atoms with Crippen LogP contribution in [0.25, 0.3) is 0 Å². The maximum Gasteiger partial charge on any atom is 0.279 e. The molecule has 0 saturated carbocycles. The summed E-state index contributed by atoms with van der Waals surface area (Å²) in [6, 6.07) is 14.1. The Bertz CT molecular complexity index is 776. The number of anilines is 1. The topological polar surface area (TPSA) is 52.0 Å². The van der Waals surface area contributed by atoms with E-state index in [1.54, 1.807) is 14.2 Å². The van der Waals surface area contributed by atoms with Crippen LogP contribution in [0.3, 0.4) is 0 Å². The molecule has 5 nitrogen and oxygen atoms in total. The molecule has 0 aromatic heterocycles. The summed E-state index contributed by atoms with van der Waals surface area (Å²) >= 11 is 0. The van der Waals surface area contributed by atoms with Crippen LogP contribution in [-0.2, 0) is 4.79 Å². The van der Waals surface area contributed by atoms with Crippen LogP contribution in [0.15, 0.2) is 42.5 Å². The third-order valence-corrected chi connectivity index (χ3v) is 5.11. The molecule has 2 aromatic carbocycles. The first-order valence-electron chi connectivity index (χ1n) is 9.04. The Morgan fingerprint density at radius 2 is 2.00 bits per heavy atom. The molecule has 3 rings (SSSR count). The number of carbonyl (C=O) groups is 1. The Morgan fingerprint density at radius 3 is 2.73 bits per heavy atom. The fourth-order valence-corrected chi connectivity index (χ4v) is 3.72. The summed E-state index contributed by atoms with van der Waals surface area (Å²) in [7, 11) is 3.33. The maximum absolute atomic E-state index is 12.6. The van der Waals surface area contributed by atoms with Gasteiger partial charge in [0, 0.05) is 24.6 Å². The minimum absolute atomic E-state index is 0.0497. The molecular formula is C21H27N2O3+. The molecule has 2 atom stereocenters. The molecule has 1 aliphatic rings. The van der Waals surface area contributed by atoms with E-state index in [0.29, 0.717) is 6.54 Å². The average molecular weight is 355 g/mol. The summed E-state index contributed by atoms with van der Waals surface area (Å²) < 4.78 is 10.9. The zero-order valence-electron chi connectivity index (χ0n) is 15.7. The standard InChI is InChI=1S/C21H26N2O3/c1-15-7-4-5-8-18(15)22-21(24)14-23-12-6-9-19(23)17-11-10-16(25-2)13-20(17)26-3/h4-5,7-8,10-11,13,19H,6,9,12,14H2,1-3H3,(H,22,24)/p+1/t19-/m0/s1. The van der Waals surface area contributed by atoms with E-state index in [9.17, 15) is 4.79 Å².